The molecule has 0 saturated heterocycles. The Hall–Kier alpha value is -1.85. The number of carbonyl (C=O) groups excluding carboxylic acids is 3. The Morgan fingerprint density at radius 2 is 2.00 bits per heavy atom. The van der Waals surface area contributed by atoms with E-state index in [-0.39, 0.29) is 13.0 Å². The SMILES string of the molecule is C=CCOC(=O)NC(CC=O)C(=O)OC(C)(C)C. The van der Waals surface area contributed by atoms with Crippen molar-refractivity contribution in [2.45, 2.75) is 38.8 Å². The van der Waals surface area contributed by atoms with E-state index in [1.54, 1.807) is 20.8 Å². The lowest BCUT2D eigenvalue weighted by Gasteiger charge is -2.23. The fourth-order valence-electron chi connectivity index (χ4n) is 1.00. The maximum atomic E-state index is 11.7. The van der Waals surface area contributed by atoms with E-state index in [2.05, 4.69) is 16.6 Å². The summed E-state index contributed by atoms with van der Waals surface area (Å²) in [5, 5.41) is 2.26. The quantitative estimate of drug-likeness (QED) is 0.439. The minimum absolute atomic E-state index is 0.0218. The first-order valence-electron chi connectivity index (χ1n) is 5.51. The molecule has 0 radical (unpaired) electrons. The van der Waals surface area contributed by atoms with Gasteiger partial charge >= 0.3 is 12.1 Å². The molecule has 0 aliphatic carbocycles. The van der Waals surface area contributed by atoms with E-state index in [0.717, 1.165) is 0 Å². The van der Waals surface area contributed by atoms with Crippen LogP contribution in [0.1, 0.15) is 27.2 Å². The van der Waals surface area contributed by atoms with Crippen LogP contribution in [0, 0.1) is 0 Å². The van der Waals surface area contributed by atoms with Crippen LogP contribution in [-0.2, 0) is 19.1 Å². The molecule has 0 rings (SSSR count). The van der Waals surface area contributed by atoms with E-state index in [9.17, 15) is 14.4 Å². The van der Waals surface area contributed by atoms with Crippen molar-refractivity contribution < 1.29 is 23.9 Å². The first-order chi connectivity index (χ1) is 8.30. The number of rotatable bonds is 6. The molecule has 0 fully saturated rings. The number of esters is 1. The fraction of sp³-hybridized carbons (Fsp3) is 0.583. The molecule has 6 nitrogen and oxygen atoms in total. The van der Waals surface area contributed by atoms with Gasteiger partial charge in [-0.1, -0.05) is 12.7 Å². The molecule has 102 valence electrons. The molecule has 1 N–H and O–H groups in total. The predicted molar refractivity (Wildman–Crippen MR) is 65.0 cm³/mol. The van der Waals surface area contributed by atoms with Gasteiger partial charge in [-0.3, -0.25) is 0 Å². The maximum Gasteiger partial charge on any atom is 0.408 e. The second-order valence-corrected chi connectivity index (χ2v) is 4.52. The summed E-state index contributed by atoms with van der Waals surface area (Å²) < 4.78 is 9.73. The predicted octanol–water partition coefficient (Wildman–Crippen LogP) is 1.20. The number of ether oxygens (including phenoxy) is 2. The highest BCUT2D eigenvalue weighted by Crippen LogP contribution is 2.09. The van der Waals surface area contributed by atoms with Crippen molar-refractivity contribution in [1.29, 1.82) is 0 Å². The summed E-state index contributed by atoms with van der Waals surface area (Å²) in [6.45, 7) is 8.48. The highest BCUT2D eigenvalue weighted by atomic mass is 16.6. The van der Waals surface area contributed by atoms with Gasteiger partial charge in [0.15, 0.2) is 0 Å². The standard InChI is InChI=1S/C12H19NO5/c1-5-8-17-11(16)13-9(6-7-14)10(15)18-12(2,3)4/h5,7,9H,1,6,8H2,2-4H3,(H,13,16). The Morgan fingerprint density at radius 1 is 1.39 bits per heavy atom. The highest BCUT2D eigenvalue weighted by molar-refractivity contribution is 5.83. The highest BCUT2D eigenvalue weighted by Gasteiger charge is 2.26. The molecule has 0 aromatic rings. The lowest BCUT2D eigenvalue weighted by Crippen LogP contribution is -2.44. The van der Waals surface area contributed by atoms with Gasteiger partial charge in [-0.05, 0) is 20.8 Å². The molecular formula is C12H19NO5. The molecule has 1 unspecified atom stereocenters. The van der Waals surface area contributed by atoms with Crippen molar-refractivity contribution in [1.82, 2.24) is 5.32 Å². The van der Waals surface area contributed by atoms with E-state index in [4.69, 9.17) is 4.74 Å². The topological polar surface area (TPSA) is 81.7 Å². The molecular weight excluding hydrogens is 238 g/mol. The van der Waals surface area contributed by atoms with Crippen LogP contribution in [0.3, 0.4) is 0 Å². The lowest BCUT2D eigenvalue weighted by molar-refractivity contribution is -0.157. The number of nitrogens with one attached hydrogen (secondary N) is 1. The van der Waals surface area contributed by atoms with E-state index in [1.165, 1.54) is 6.08 Å². The summed E-state index contributed by atoms with van der Waals surface area (Å²) in [7, 11) is 0. The van der Waals surface area contributed by atoms with Crippen LogP contribution in [0.5, 0.6) is 0 Å². The van der Waals surface area contributed by atoms with Crippen molar-refractivity contribution in [2.24, 2.45) is 0 Å². The van der Waals surface area contributed by atoms with Crippen LogP contribution in [0.4, 0.5) is 4.79 Å². The van der Waals surface area contributed by atoms with Crippen molar-refractivity contribution in [2.75, 3.05) is 6.61 Å². The molecule has 1 amide bonds. The van der Waals surface area contributed by atoms with Crippen molar-refractivity contribution in [3.8, 4) is 0 Å². The zero-order valence-electron chi connectivity index (χ0n) is 10.9. The van der Waals surface area contributed by atoms with Gasteiger partial charge in [0.2, 0.25) is 0 Å². The van der Waals surface area contributed by atoms with Crippen molar-refractivity contribution in [3.63, 3.8) is 0 Å². The van der Waals surface area contributed by atoms with Gasteiger partial charge in [0, 0.05) is 6.42 Å². The monoisotopic (exact) mass is 257 g/mol. The summed E-state index contributed by atoms with van der Waals surface area (Å²) in [4.78, 5) is 33.4. The molecule has 0 aromatic heterocycles. The number of amides is 1. The Kier molecular flexibility index (Phi) is 6.70. The summed E-state index contributed by atoms with van der Waals surface area (Å²) >= 11 is 0. The molecule has 0 aromatic carbocycles. The molecule has 1 atom stereocenters. The second kappa shape index (κ2) is 7.47. The third-order valence-electron chi connectivity index (χ3n) is 1.65. The Labute approximate surface area is 106 Å². The number of hydrogen-bond donors (Lipinski definition) is 1. The largest absolute Gasteiger partial charge is 0.458 e. The number of carbonyl (C=O) groups is 3. The summed E-state index contributed by atoms with van der Waals surface area (Å²) in [6, 6.07) is -1.04. The summed E-state index contributed by atoms with van der Waals surface area (Å²) in [5.74, 6) is -0.676. The van der Waals surface area contributed by atoms with E-state index in [1.807, 2.05) is 0 Å². The molecule has 0 spiro atoms. The second-order valence-electron chi connectivity index (χ2n) is 4.52. The molecule has 0 saturated carbocycles. The number of hydrogen-bond acceptors (Lipinski definition) is 5. The van der Waals surface area contributed by atoms with Crippen LogP contribution in [0.2, 0.25) is 0 Å². The van der Waals surface area contributed by atoms with E-state index >= 15 is 0 Å². The minimum atomic E-state index is -1.04. The number of aldehydes is 1. The first-order valence-corrected chi connectivity index (χ1v) is 5.51. The zero-order valence-corrected chi connectivity index (χ0v) is 10.9. The third-order valence-corrected chi connectivity index (χ3v) is 1.65. The van der Waals surface area contributed by atoms with Gasteiger partial charge in [-0.25, -0.2) is 9.59 Å². The van der Waals surface area contributed by atoms with Gasteiger partial charge in [0.05, 0.1) is 0 Å². The number of alkyl carbamates (subject to hydrolysis) is 1. The van der Waals surface area contributed by atoms with Gasteiger partial charge in [0.25, 0.3) is 0 Å². The van der Waals surface area contributed by atoms with Gasteiger partial charge in [-0.15, -0.1) is 0 Å². The molecule has 0 aliphatic rings. The van der Waals surface area contributed by atoms with E-state index < -0.39 is 23.7 Å². The lowest BCUT2D eigenvalue weighted by atomic mass is 10.1. The average molecular weight is 257 g/mol. The normalized spacial score (nSPS) is 12.2. The van der Waals surface area contributed by atoms with Crippen LogP contribution >= 0.6 is 0 Å². The first kappa shape index (κ1) is 16.1. The maximum absolute atomic E-state index is 11.7. The summed E-state index contributed by atoms with van der Waals surface area (Å²) in [6.07, 6.45) is 0.954. The molecule has 0 aliphatic heterocycles. The van der Waals surface area contributed by atoms with Crippen LogP contribution in [0.25, 0.3) is 0 Å². The van der Waals surface area contributed by atoms with Crippen LogP contribution in [-0.4, -0.2) is 36.6 Å². The Bertz CT molecular complexity index is 319. The van der Waals surface area contributed by atoms with Crippen LogP contribution in [0.15, 0.2) is 12.7 Å². The molecule has 6 heteroatoms. The fourth-order valence-corrected chi connectivity index (χ4v) is 1.00. The van der Waals surface area contributed by atoms with Crippen molar-refractivity contribution in [3.05, 3.63) is 12.7 Å². The Morgan fingerprint density at radius 3 is 2.44 bits per heavy atom. The zero-order chi connectivity index (χ0) is 14.2. The molecule has 18 heavy (non-hydrogen) atoms. The van der Waals surface area contributed by atoms with Gasteiger partial charge in [-0.2, -0.15) is 0 Å². The molecule has 0 bridgehead atoms. The van der Waals surface area contributed by atoms with Crippen LogP contribution < -0.4 is 5.32 Å². The summed E-state index contributed by atoms with van der Waals surface area (Å²) in [5.41, 5.74) is -0.690. The molecule has 0 heterocycles. The van der Waals surface area contributed by atoms with Gasteiger partial charge in [0.1, 0.15) is 24.5 Å². The van der Waals surface area contributed by atoms with Gasteiger partial charge < -0.3 is 19.6 Å². The third kappa shape index (κ3) is 7.43. The Balaban J connectivity index is 4.45. The minimum Gasteiger partial charge on any atom is -0.458 e. The van der Waals surface area contributed by atoms with Crippen molar-refractivity contribution >= 4 is 18.3 Å². The van der Waals surface area contributed by atoms with E-state index in [0.29, 0.717) is 6.29 Å². The smallest absolute Gasteiger partial charge is 0.408 e. The average Bonchev–Trinajstić information content (AvgIpc) is 2.23.